The number of carbonyl (C=O) groups is 1. The summed E-state index contributed by atoms with van der Waals surface area (Å²) in [6.45, 7) is 2.27. The van der Waals surface area contributed by atoms with E-state index in [2.05, 4.69) is 19.9 Å². The van der Waals surface area contributed by atoms with E-state index >= 15 is 0 Å². The summed E-state index contributed by atoms with van der Waals surface area (Å²) in [6.07, 6.45) is 1.45. The fraction of sp³-hybridized carbons (Fsp3) is 0.400. The highest BCUT2D eigenvalue weighted by atomic mass is 35.5. The van der Waals surface area contributed by atoms with Gasteiger partial charge in [0.15, 0.2) is 0 Å². The number of aryl methyl sites for hydroxylation is 2. The molecule has 2 rings (SSSR count). The molecule has 0 aliphatic rings. The SMILES string of the molecule is COC(=O)c1ncn(Cc2c(C)nn(C)c2Cl)n1. The molecule has 0 saturated carbocycles. The second-order valence-corrected chi connectivity index (χ2v) is 4.09. The van der Waals surface area contributed by atoms with Gasteiger partial charge >= 0.3 is 5.97 Å². The third-order valence-corrected chi connectivity index (χ3v) is 2.97. The van der Waals surface area contributed by atoms with Crippen molar-refractivity contribution in [2.75, 3.05) is 7.11 Å². The van der Waals surface area contributed by atoms with Gasteiger partial charge in [0.2, 0.25) is 0 Å². The minimum absolute atomic E-state index is 0.0233. The maximum atomic E-state index is 11.2. The number of rotatable bonds is 3. The molecule has 0 unspecified atom stereocenters. The number of halogens is 1. The van der Waals surface area contributed by atoms with Crippen molar-refractivity contribution < 1.29 is 9.53 Å². The largest absolute Gasteiger partial charge is 0.463 e. The standard InChI is InChI=1S/C10H12ClN5O2/c1-6-7(8(11)15(2)13-6)4-16-5-12-9(14-16)10(17)18-3/h5H,4H2,1-3H3. The molecule has 7 nitrogen and oxygen atoms in total. The number of esters is 1. The fourth-order valence-electron chi connectivity index (χ4n) is 1.57. The number of hydrogen-bond donors (Lipinski definition) is 0. The fourth-order valence-corrected chi connectivity index (χ4v) is 1.81. The molecule has 0 aliphatic heterocycles. The first kappa shape index (κ1) is 12.6. The van der Waals surface area contributed by atoms with E-state index in [9.17, 15) is 4.79 Å². The van der Waals surface area contributed by atoms with Crippen molar-refractivity contribution in [3.8, 4) is 0 Å². The Morgan fingerprint density at radius 3 is 2.78 bits per heavy atom. The molecule has 0 aromatic carbocycles. The zero-order valence-corrected chi connectivity index (χ0v) is 11.0. The van der Waals surface area contributed by atoms with E-state index in [1.165, 1.54) is 18.1 Å². The van der Waals surface area contributed by atoms with Gasteiger partial charge in [-0.3, -0.25) is 4.68 Å². The first-order valence-electron chi connectivity index (χ1n) is 5.18. The van der Waals surface area contributed by atoms with Crippen molar-refractivity contribution in [1.29, 1.82) is 0 Å². The van der Waals surface area contributed by atoms with Gasteiger partial charge in [0.05, 0.1) is 19.3 Å². The summed E-state index contributed by atoms with van der Waals surface area (Å²) >= 11 is 6.11. The molecule has 2 aromatic heterocycles. The molecule has 2 heterocycles. The topological polar surface area (TPSA) is 74.8 Å². The molecule has 0 N–H and O–H groups in total. The summed E-state index contributed by atoms with van der Waals surface area (Å²) in [6, 6.07) is 0. The highest BCUT2D eigenvalue weighted by molar-refractivity contribution is 6.30. The normalized spacial score (nSPS) is 10.7. The Morgan fingerprint density at radius 1 is 1.50 bits per heavy atom. The van der Waals surface area contributed by atoms with Gasteiger partial charge in [-0.15, -0.1) is 5.10 Å². The summed E-state index contributed by atoms with van der Waals surface area (Å²) in [5.41, 5.74) is 1.66. The molecule has 0 spiro atoms. The molecule has 0 fully saturated rings. The minimum Gasteiger partial charge on any atom is -0.463 e. The van der Waals surface area contributed by atoms with E-state index in [4.69, 9.17) is 11.6 Å². The summed E-state index contributed by atoms with van der Waals surface area (Å²) in [5, 5.41) is 8.74. The van der Waals surface area contributed by atoms with Gasteiger partial charge in [-0.05, 0) is 6.92 Å². The van der Waals surface area contributed by atoms with Crippen LogP contribution in [0.2, 0.25) is 5.15 Å². The molecule has 8 heteroatoms. The second-order valence-electron chi connectivity index (χ2n) is 3.74. The highest BCUT2D eigenvalue weighted by Gasteiger charge is 2.15. The molecule has 0 saturated heterocycles. The molecule has 0 amide bonds. The van der Waals surface area contributed by atoms with Crippen molar-refractivity contribution in [3.05, 3.63) is 28.6 Å². The number of carbonyl (C=O) groups excluding carboxylic acids is 1. The second kappa shape index (κ2) is 4.77. The van der Waals surface area contributed by atoms with Crippen LogP contribution < -0.4 is 0 Å². The van der Waals surface area contributed by atoms with Gasteiger partial charge in [-0.1, -0.05) is 11.6 Å². The van der Waals surface area contributed by atoms with Crippen molar-refractivity contribution in [3.63, 3.8) is 0 Å². The third-order valence-electron chi connectivity index (χ3n) is 2.49. The molecule has 96 valence electrons. The average Bonchev–Trinajstić information content (AvgIpc) is 2.90. The van der Waals surface area contributed by atoms with Gasteiger partial charge in [-0.25, -0.2) is 14.5 Å². The van der Waals surface area contributed by atoms with Gasteiger partial charge in [0.1, 0.15) is 11.5 Å². The van der Waals surface area contributed by atoms with Crippen molar-refractivity contribution >= 4 is 17.6 Å². The Hall–Kier alpha value is -1.89. The smallest absolute Gasteiger partial charge is 0.377 e. The number of ether oxygens (including phenoxy) is 1. The average molecular weight is 270 g/mol. The lowest BCUT2D eigenvalue weighted by molar-refractivity contribution is 0.0586. The van der Waals surface area contributed by atoms with Crippen LogP contribution >= 0.6 is 11.6 Å². The maximum Gasteiger partial charge on any atom is 0.377 e. The van der Waals surface area contributed by atoms with Crippen LogP contribution in [0.1, 0.15) is 21.9 Å². The first-order valence-corrected chi connectivity index (χ1v) is 5.56. The Labute approximate surface area is 108 Å². The summed E-state index contributed by atoms with van der Waals surface area (Å²) < 4.78 is 7.64. The Kier molecular flexibility index (Phi) is 3.33. The van der Waals surface area contributed by atoms with E-state index < -0.39 is 5.97 Å². The lowest BCUT2D eigenvalue weighted by atomic mass is 10.3. The molecular weight excluding hydrogens is 258 g/mol. The monoisotopic (exact) mass is 269 g/mol. The highest BCUT2D eigenvalue weighted by Crippen LogP contribution is 2.19. The van der Waals surface area contributed by atoms with E-state index in [1.54, 1.807) is 11.7 Å². The van der Waals surface area contributed by atoms with Gasteiger partial charge < -0.3 is 4.74 Å². The molecule has 0 radical (unpaired) electrons. The maximum absolute atomic E-state index is 11.2. The first-order chi connectivity index (χ1) is 8.52. The van der Waals surface area contributed by atoms with E-state index in [-0.39, 0.29) is 5.82 Å². The quantitative estimate of drug-likeness (QED) is 0.771. The van der Waals surface area contributed by atoms with Crippen LogP contribution in [-0.4, -0.2) is 37.6 Å². The molecule has 2 aromatic rings. The van der Waals surface area contributed by atoms with Crippen LogP contribution in [0.25, 0.3) is 0 Å². The van der Waals surface area contributed by atoms with Crippen molar-refractivity contribution in [2.24, 2.45) is 7.05 Å². The number of nitrogens with zero attached hydrogens (tertiary/aromatic N) is 5. The Balaban J connectivity index is 2.24. The number of methoxy groups -OCH3 is 1. The molecule has 0 aliphatic carbocycles. The molecule has 18 heavy (non-hydrogen) atoms. The van der Waals surface area contributed by atoms with Crippen molar-refractivity contribution in [2.45, 2.75) is 13.5 Å². The van der Waals surface area contributed by atoms with E-state index in [0.717, 1.165) is 11.3 Å². The third kappa shape index (κ3) is 2.21. The van der Waals surface area contributed by atoms with Crippen LogP contribution in [-0.2, 0) is 18.3 Å². The Bertz CT molecular complexity index is 589. The van der Waals surface area contributed by atoms with E-state index in [0.29, 0.717) is 11.7 Å². The molecule has 0 atom stereocenters. The van der Waals surface area contributed by atoms with Crippen LogP contribution in [0.4, 0.5) is 0 Å². The van der Waals surface area contributed by atoms with Crippen LogP contribution in [0.15, 0.2) is 6.33 Å². The van der Waals surface area contributed by atoms with Gasteiger partial charge in [0, 0.05) is 12.6 Å². The zero-order valence-electron chi connectivity index (χ0n) is 10.2. The van der Waals surface area contributed by atoms with Crippen molar-refractivity contribution in [1.82, 2.24) is 24.5 Å². The zero-order chi connectivity index (χ0) is 13.3. The molecule has 0 bridgehead atoms. The minimum atomic E-state index is -0.567. The van der Waals surface area contributed by atoms with Crippen LogP contribution in [0.3, 0.4) is 0 Å². The lowest BCUT2D eigenvalue weighted by Gasteiger charge is -2.00. The van der Waals surface area contributed by atoms with Gasteiger partial charge in [-0.2, -0.15) is 5.10 Å². The summed E-state index contributed by atoms with van der Waals surface area (Å²) in [7, 11) is 3.05. The predicted octanol–water partition coefficient (Wildman–Crippen LogP) is 0.808. The van der Waals surface area contributed by atoms with Crippen LogP contribution in [0, 0.1) is 6.92 Å². The summed E-state index contributed by atoms with van der Waals surface area (Å²) in [5.74, 6) is -0.544. The number of aromatic nitrogens is 5. The van der Waals surface area contributed by atoms with E-state index in [1.807, 2.05) is 6.92 Å². The number of hydrogen-bond acceptors (Lipinski definition) is 5. The Morgan fingerprint density at radius 2 is 2.22 bits per heavy atom. The molecular formula is C10H12ClN5O2. The predicted molar refractivity (Wildman–Crippen MR) is 63.4 cm³/mol. The van der Waals surface area contributed by atoms with Crippen LogP contribution in [0.5, 0.6) is 0 Å². The lowest BCUT2D eigenvalue weighted by Crippen LogP contribution is -2.07. The summed E-state index contributed by atoms with van der Waals surface area (Å²) in [4.78, 5) is 15.1. The van der Waals surface area contributed by atoms with Gasteiger partial charge in [0.25, 0.3) is 5.82 Å².